The van der Waals surface area contributed by atoms with Crippen LogP contribution in [-0.4, -0.2) is 0 Å². The molecule has 0 unspecified atom stereocenters. The number of hydrogen-bond acceptors (Lipinski definition) is 3. The van der Waals surface area contributed by atoms with Crippen LogP contribution in [0, 0.1) is 0 Å². The second kappa shape index (κ2) is 12.2. The van der Waals surface area contributed by atoms with Crippen molar-refractivity contribution in [3.8, 4) is 33.8 Å². The van der Waals surface area contributed by atoms with E-state index in [1.807, 2.05) is 11.8 Å². The number of fused-ring (bicyclic) bond motifs is 18. The van der Waals surface area contributed by atoms with Gasteiger partial charge in [0.1, 0.15) is 11.5 Å². The van der Waals surface area contributed by atoms with Crippen molar-refractivity contribution in [1.29, 1.82) is 0 Å². The molecule has 4 aliphatic rings. The molecule has 0 saturated carbocycles. The first-order valence-corrected chi connectivity index (χ1v) is 21.2. The van der Waals surface area contributed by atoms with Gasteiger partial charge in [0, 0.05) is 38.0 Å². The van der Waals surface area contributed by atoms with E-state index in [4.69, 9.17) is 4.74 Å². The Kier molecular flexibility index (Phi) is 6.83. The fourth-order valence-electron chi connectivity index (χ4n) is 11.0. The third-order valence-corrected chi connectivity index (χ3v) is 14.3. The molecule has 3 heteroatoms. The fraction of sp³-hybridized carbons (Fsp3) is 0.0357. The van der Waals surface area contributed by atoms with Gasteiger partial charge in [-0.3, -0.25) is 0 Å². The number of para-hydroxylation sites is 3. The minimum absolute atomic E-state index is 0.414. The number of hydrogen-bond donors (Lipinski definition) is 0. The normalized spacial score (nSPS) is 14.8. The summed E-state index contributed by atoms with van der Waals surface area (Å²) in [6.07, 6.45) is 0. The molecule has 2 nitrogen and oxygen atoms in total. The summed E-state index contributed by atoms with van der Waals surface area (Å²) < 4.78 is 6.60. The molecule has 0 aromatic heterocycles. The molecule has 2 aliphatic heterocycles. The van der Waals surface area contributed by atoms with E-state index in [1.165, 1.54) is 76.6 Å². The minimum atomic E-state index is -0.510. The van der Waals surface area contributed by atoms with Gasteiger partial charge in [-0.1, -0.05) is 163 Å². The number of benzene rings is 9. The highest BCUT2D eigenvalue weighted by atomic mass is 32.2. The van der Waals surface area contributed by atoms with E-state index in [2.05, 4.69) is 217 Å². The molecule has 0 atom stereocenters. The minimum Gasteiger partial charge on any atom is -0.457 e. The second-order valence-corrected chi connectivity index (χ2v) is 17.0. The topological polar surface area (TPSA) is 12.5 Å². The molecule has 0 saturated heterocycles. The van der Waals surface area contributed by atoms with E-state index in [-0.39, 0.29) is 0 Å². The predicted octanol–water partition coefficient (Wildman–Crippen LogP) is 14.5. The SMILES string of the molecule is c1ccc(N(c2ccc3c(c2)-c2ccccc2C32c3ccccc3Oc3ccccc32)c2ccc3c(c2)-c2ccccc2C32c3ccccc3Sc3ccccc32)cc1. The van der Waals surface area contributed by atoms with Gasteiger partial charge in [-0.15, -0.1) is 0 Å². The Morgan fingerprint density at radius 1 is 0.305 bits per heavy atom. The van der Waals surface area contributed by atoms with E-state index in [0.29, 0.717) is 0 Å². The van der Waals surface area contributed by atoms with Crippen LogP contribution in [0.4, 0.5) is 17.1 Å². The number of ether oxygens (including phenoxy) is 1. The van der Waals surface area contributed by atoms with Crippen LogP contribution >= 0.6 is 11.8 Å². The van der Waals surface area contributed by atoms with Crippen LogP contribution in [0.1, 0.15) is 44.5 Å². The quantitative estimate of drug-likeness (QED) is 0.178. The highest BCUT2D eigenvalue weighted by Crippen LogP contribution is 2.64. The Morgan fingerprint density at radius 3 is 1.22 bits per heavy atom. The lowest BCUT2D eigenvalue weighted by atomic mass is 9.66. The summed E-state index contributed by atoms with van der Waals surface area (Å²) in [6, 6.07) is 78.4. The van der Waals surface area contributed by atoms with Crippen molar-refractivity contribution in [2.45, 2.75) is 20.6 Å². The molecule has 2 aliphatic carbocycles. The standard InChI is InChI=1S/C56H35NOS/c1-2-16-36(17-3-1)57(37-30-32-45-41(34-37)39-18-4-6-20-43(39)55(45)47-22-8-12-26-51(47)58-52-27-13-9-23-48(52)55)38-31-33-46-42(35-38)40-19-5-7-21-44(40)56(46)49-24-10-14-28-53(49)59-54-29-15-11-25-50(54)56/h1-35H. The molecular formula is C56H35NOS. The third-order valence-electron chi connectivity index (χ3n) is 13.2. The van der Waals surface area contributed by atoms with Gasteiger partial charge in [-0.2, -0.15) is 0 Å². The van der Waals surface area contributed by atoms with Crippen molar-refractivity contribution in [2.24, 2.45) is 0 Å². The van der Waals surface area contributed by atoms with Crippen LogP contribution in [0.3, 0.4) is 0 Å². The Morgan fingerprint density at radius 2 is 0.695 bits per heavy atom. The molecule has 0 amide bonds. The van der Waals surface area contributed by atoms with Gasteiger partial charge in [-0.25, -0.2) is 0 Å². The number of rotatable bonds is 3. The molecule has 13 rings (SSSR count). The zero-order chi connectivity index (χ0) is 38.7. The lowest BCUT2D eigenvalue weighted by Gasteiger charge is -2.39. The van der Waals surface area contributed by atoms with E-state index < -0.39 is 10.8 Å². The molecule has 276 valence electrons. The number of anilines is 3. The van der Waals surface area contributed by atoms with Gasteiger partial charge >= 0.3 is 0 Å². The maximum atomic E-state index is 6.60. The smallest absolute Gasteiger partial charge is 0.132 e. The van der Waals surface area contributed by atoms with Gasteiger partial charge in [0.25, 0.3) is 0 Å². The maximum Gasteiger partial charge on any atom is 0.132 e. The van der Waals surface area contributed by atoms with Crippen molar-refractivity contribution in [3.63, 3.8) is 0 Å². The van der Waals surface area contributed by atoms with Gasteiger partial charge in [0.15, 0.2) is 0 Å². The van der Waals surface area contributed by atoms with Crippen LogP contribution in [0.15, 0.2) is 222 Å². The Hall–Kier alpha value is -7.07. The Bertz CT molecular complexity index is 2920. The summed E-state index contributed by atoms with van der Waals surface area (Å²) in [5.41, 5.74) is 17.8. The summed E-state index contributed by atoms with van der Waals surface area (Å²) >= 11 is 1.89. The van der Waals surface area contributed by atoms with E-state index in [1.54, 1.807) is 0 Å². The van der Waals surface area contributed by atoms with Crippen LogP contribution in [0.5, 0.6) is 11.5 Å². The maximum absolute atomic E-state index is 6.60. The highest BCUT2D eigenvalue weighted by molar-refractivity contribution is 7.99. The monoisotopic (exact) mass is 769 g/mol. The van der Waals surface area contributed by atoms with Gasteiger partial charge in [0.05, 0.1) is 10.8 Å². The summed E-state index contributed by atoms with van der Waals surface area (Å²) in [5.74, 6) is 1.81. The first-order chi connectivity index (χ1) is 29.3. The van der Waals surface area contributed by atoms with Crippen LogP contribution in [-0.2, 0) is 10.8 Å². The molecule has 9 aromatic carbocycles. The van der Waals surface area contributed by atoms with Gasteiger partial charge in [0.2, 0.25) is 0 Å². The summed E-state index contributed by atoms with van der Waals surface area (Å²) in [5, 5.41) is 0. The Balaban J connectivity index is 1.04. The first kappa shape index (κ1) is 33.0. The van der Waals surface area contributed by atoms with Crippen molar-refractivity contribution in [1.82, 2.24) is 0 Å². The van der Waals surface area contributed by atoms with E-state index in [0.717, 1.165) is 28.6 Å². The van der Waals surface area contributed by atoms with E-state index >= 15 is 0 Å². The molecule has 0 fully saturated rings. The molecule has 0 bridgehead atoms. The summed E-state index contributed by atoms with van der Waals surface area (Å²) in [7, 11) is 0. The molecule has 9 aromatic rings. The van der Waals surface area contributed by atoms with Crippen molar-refractivity contribution >= 4 is 28.8 Å². The average Bonchev–Trinajstić information content (AvgIpc) is 3.75. The third kappa shape index (κ3) is 4.27. The summed E-state index contributed by atoms with van der Waals surface area (Å²) in [4.78, 5) is 5.07. The number of nitrogens with zero attached hydrogens (tertiary/aromatic N) is 1. The van der Waals surface area contributed by atoms with Crippen molar-refractivity contribution in [3.05, 3.63) is 257 Å². The zero-order valence-electron chi connectivity index (χ0n) is 32.0. The lowest BCUT2D eigenvalue weighted by Crippen LogP contribution is -2.32. The van der Waals surface area contributed by atoms with Gasteiger partial charge in [-0.05, 0) is 116 Å². The Labute approximate surface area is 348 Å². The van der Waals surface area contributed by atoms with Gasteiger partial charge < -0.3 is 9.64 Å². The zero-order valence-corrected chi connectivity index (χ0v) is 32.8. The van der Waals surface area contributed by atoms with Crippen LogP contribution < -0.4 is 9.64 Å². The van der Waals surface area contributed by atoms with Crippen molar-refractivity contribution < 1.29 is 4.74 Å². The van der Waals surface area contributed by atoms with Crippen molar-refractivity contribution in [2.75, 3.05) is 4.90 Å². The molecule has 59 heavy (non-hydrogen) atoms. The summed E-state index contributed by atoms with van der Waals surface area (Å²) in [6.45, 7) is 0. The first-order valence-electron chi connectivity index (χ1n) is 20.3. The molecule has 0 radical (unpaired) electrons. The van der Waals surface area contributed by atoms with E-state index in [9.17, 15) is 0 Å². The lowest BCUT2D eigenvalue weighted by molar-refractivity contribution is 0.436. The molecule has 0 N–H and O–H groups in total. The largest absolute Gasteiger partial charge is 0.457 e. The molecular weight excluding hydrogens is 735 g/mol. The molecule has 2 heterocycles. The molecule has 2 spiro atoms. The van der Waals surface area contributed by atoms with Crippen LogP contribution in [0.25, 0.3) is 22.3 Å². The predicted molar refractivity (Wildman–Crippen MR) is 240 cm³/mol. The average molecular weight is 770 g/mol. The second-order valence-electron chi connectivity index (χ2n) is 15.9. The highest BCUT2D eigenvalue weighted by Gasteiger charge is 2.52. The van der Waals surface area contributed by atoms with Crippen LogP contribution in [0.2, 0.25) is 0 Å². The fourth-order valence-corrected chi connectivity index (χ4v) is 12.2.